The molecule has 2 aromatic rings. The van der Waals surface area contributed by atoms with Crippen LogP contribution < -0.4 is 5.32 Å². The molecule has 0 radical (unpaired) electrons. The highest BCUT2D eigenvalue weighted by atomic mass is 79.9. The molecule has 2 aliphatic heterocycles. The van der Waals surface area contributed by atoms with Crippen LogP contribution in [0, 0.1) is 6.92 Å². The number of carboxylic acids is 1. The van der Waals surface area contributed by atoms with Crippen molar-refractivity contribution < 1.29 is 32.7 Å². The molecule has 3 aliphatic rings. The molecule has 2 aromatic heterocycles. The van der Waals surface area contributed by atoms with Crippen molar-refractivity contribution in [3.63, 3.8) is 0 Å². The molecule has 37 heavy (non-hydrogen) atoms. The first-order chi connectivity index (χ1) is 17.5. The molecule has 10 nitrogen and oxygen atoms in total. The number of hydrogen-bond acceptors (Lipinski definition) is 9. The third-order valence-electron chi connectivity index (χ3n) is 5.90. The summed E-state index contributed by atoms with van der Waals surface area (Å²) < 4.78 is 41.6. The summed E-state index contributed by atoms with van der Waals surface area (Å²) in [5, 5.41) is 24.1. The zero-order valence-electron chi connectivity index (χ0n) is 18.9. The molecule has 0 spiro atoms. The maximum Gasteiger partial charge on any atom is 0.436 e. The third kappa shape index (κ3) is 5.14. The van der Waals surface area contributed by atoms with Gasteiger partial charge in [0, 0.05) is 17.4 Å². The predicted molar refractivity (Wildman–Crippen MR) is 132 cm³/mol. The molecule has 2 amide bonds. The Bertz CT molecular complexity index is 1320. The molecule has 1 aliphatic carbocycles. The number of rotatable bonds is 8. The van der Waals surface area contributed by atoms with E-state index < -0.39 is 47.6 Å². The van der Waals surface area contributed by atoms with Gasteiger partial charge in [0.1, 0.15) is 28.7 Å². The van der Waals surface area contributed by atoms with E-state index in [2.05, 4.69) is 36.5 Å². The summed E-state index contributed by atoms with van der Waals surface area (Å²) in [6, 6.07) is -0.989. The maximum atomic E-state index is 13.3. The number of halogens is 4. The molecular weight excluding hydrogens is 621 g/mol. The fourth-order valence-corrected chi connectivity index (χ4v) is 8.27. The van der Waals surface area contributed by atoms with Gasteiger partial charge in [-0.05, 0) is 41.3 Å². The van der Waals surface area contributed by atoms with E-state index in [0.717, 1.165) is 14.6 Å². The van der Waals surface area contributed by atoms with Crippen molar-refractivity contribution in [2.75, 3.05) is 11.5 Å². The molecule has 0 bridgehead atoms. The van der Waals surface area contributed by atoms with Crippen LogP contribution in [-0.4, -0.2) is 70.7 Å². The van der Waals surface area contributed by atoms with E-state index in [9.17, 15) is 32.7 Å². The molecule has 198 valence electrons. The average Bonchev–Trinajstić information content (AvgIpc) is 3.48. The number of aryl methyl sites for hydroxylation is 1. The van der Waals surface area contributed by atoms with Crippen LogP contribution in [0.15, 0.2) is 20.1 Å². The lowest BCUT2D eigenvalue weighted by Gasteiger charge is -2.49. The van der Waals surface area contributed by atoms with Crippen molar-refractivity contribution in [3.05, 3.63) is 32.1 Å². The maximum absolute atomic E-state index is 13.3. The minimum absolute atomic E-state index is 0.116. The Labute approximate surface area is 228 Å². The van der Waals surface area contributed by atoms with Gasteiger partial charge in [-0.2, -0.15) is 18.3 Å². The van der Waals surface area contributed by atoms with Gasteiger partial charge in [0.25, 0.3) is 5.91 Å². The fourth-order valence-electron chi connectivity index (χ4n) is 4.14. The second-order valence-electron chi connectivity index (χ2n) is 8.57. The Hall–Kier alpha value is -2.11. The van der Waals surface area contributed by atoms with E-state index in [0.29, 0.717) is 40.0 Å². The van der Waals surface area contributed by atoms with Crippen LogP contribution in [0.2, 0.25) is 0 Å². The molecule has 17 heteroatoms. The SMILES string of the molecule is Cc1nnc(SCC2=C(C(=O)O)N3C(=O)C(NC(=O)Cn4nc(C(F)(F)F)c(Br)c4C4CC4)C3SC2)s1. The molecule has 0 aromatic carbocycles. The van der Waals surface area contributed by atoms with E-state index in [1.165, 1.54) is 34.9 Å². The zero-order valence-corrected chi connectivity index (χ0v) is 22.9. The molecule has 5 rings (SSSR count). The number of fused-ring (bicyclic) bond motifs is 1. The number of nitrogens with zero attached hydrogens (tertiary/aromatic N) is 5. The van der Waals surface area contributed by atoms with Crippen molar-refractivity contribution in [1.82, 2.24) is 30.2 Å². The van der Waals surface area contributed by atoms with Gasteiger partial charge in [0.05, 0.1) is 10.2 Å². The highest BCUT2D eigenvalue weighted by Gasteiger charge is 2.54. The Kier molecular flexibility index (Phi) is 7.08. The molecule has 2 fully saturated rings. The normalized spacial score (nSPS) is 21.6. The number of aliphatic carboxylic acids is 1. The molecule has 2 unspecified atom stereocenters. The van der Waals surface area contributed by atoms with Gasteiger partial charge in [0.15, 0.2) is 10.0 Å². The van der Waals surface area contributed by atoms with Crippen molar-refractivity contribution >= 4 is 68.6 Å². The quantitative estimate of drug-likeness (QED) is 0.330. The van der Waals surface area contributed by atoms with E-state index >= 15 is 0 Å². The number of thioether (sulfide) groups is 2. The van der Waals surface area contributed by atoms with Gasteiger partial charge < -0.3 is 10.4 Å². The summed E-state index contributed by atoms with van der Waals surface area (Å²) in [6.45, 7) is 1.32. The second kappa shape index (κ2) is 9.89. The monoisotopic (exact) mass is 638 g/mol. The van der Waals surface area contributed by atoms with Crippen molar-refractivity contribution in [1.29, 1.82) is 0 Å². The summed E-state index contributed by atoms with van der Waals surface area (Å²) in [5.74, 6) is -1.99. The van der Waals surface area contributed by atoms with Gasteiger partial charge in [-0.1, -0.05) is 23.1 Å². The highest BCUT2D eigenvalue weighted by Crippen LogP contribution is 2.47. The number of aromatic nitrogens is 4. The molecule has 2 N–H and O–H groups in total. The van der Waals surface area contributed by atoms with Crippen molar-refractivity contribution in [3.8, 4) is 0 Å². The lowest BCUT2D eigenvalue weighted by molar-refractivity contribution is -0.150. The van der Waals surface area contributed by atoms with E-state index in [-0.39, 0.29) is 16.1 Å². The Morgan fingerprint density at radius 3 is 2.62 bits per heavy atom. The first-order valence-corrected chi connectivity index (χ1v) is 14.6. The smallest absolute Gasteiger partial charge is 0.436 e. The third-order valence-corrected chi connectivity index (χ3v) is 10.1. The van der Waals surface area contributed by atoms with E-state index in [1.54, 1.807) is 0 Å². The minimum Gasteiger partial charge on any atom is -0.477 e. The first-order valence-electron chi connectivity index (χ1n) is 10.9. The number of β-lactam (4-membered cyclic amide) rings is 1. The van der Waals surface area contributed by atoms with Crippen LogP contribution in [0.5, 0.6) is 0 Å². The van der Waals surface area contributed by atoms with Crippen LogP contribution in [0.4, 0.5) is 13.2 Å². The number of alkyl halides is 3. The summed E-state index contributed by atoms with van der Waals surface area (Å²) in [7, 11) is 0. The Morgan fingerprint density at radius 1 is 1.30 bits per heavy atom. The fraction of sp³-hybridized carbons (Fsp3) is 0.500. The topological polar surface area (TPSA) is 130 Å². The van der Waals surface area contributed by atoms with Crippen LogP contribution in [0.25, 0.3) is 0 Å². The van der Waals surface area contributed by atoms with Gasteiger partial charge >= 0.3 is 12.1 Å². The summed E-state index contributed by atoms with van der Waals surface area (Å²) in [5.41, 5.74) is -0.351. The van der Waals surface area contributed by atoms with Gasteiger partial charge in [-0.3, -0.25) is 19.2 Å². The summed E-state index contributed by atoms with van der Waals surface area (Å²) in [4.78, 5) is 38.8. The zero-order chi connectivity index (χ0) is 26.6. The highest BCUT2D eigenvalue weighted by molar-refractivity contribution is 9.10. The molecular formula is C20H18BrF3N6O4S3. The van der Waals surface area contributed by atoms with Gasteiger partial charge in [-0.25, -0.2) is 4.79 Å². The van der Waals surface area contributed by atoms with Crippen molar-refractivity contribution in [2.24, 2.45) is 0 Å². The average molecular weight is 640 g/mol. The van der Waals surface area contributed by atoms with Crippen LogP contribution in [-0.2, 0) is 27.1 Å². The summed E-state index contributed by atoms with van der Waals surface area (Å²) >= 11 is 7.02. The Morgan fingerprint density at radius 2 is 2.03 bits per heavy atom. The predicted octanol–water partition coefficient (Wildman–Crippen LogP) is 3.23. The van der Waals surface area contributed by atoms with Crippen LogP contribution in [0.1, 0.15) is 35.2 Å². The number of carbonyl (C=O) groups excluding carboxylic acids is 2. The van der Waals surface area contributed by atoms with Gasteiger partial charge in [-0.15, -0.1) is 22.0 Å². The second-order valence-corrected chi connectivity index (χ2v) is 12.9. The number of nitrogens with one attached hydrogen (secondary N) is 1. The number of hydrogen-bond donors (Lipinski definition) is 2. The van der Waals surface area contributed by atoms with Crippen LogP contribution >= 0.6 is 50.8 Å². The number of carbonyl (C=O) groups is 3. The molecule has 1 saturated carbocycles. The van der Waals surface area contributed by atoms with E-state index in [4.69, 9.17) is 0 Å². The molecule has 2 atom stereocenters. The molecule has 4 heterocycles. The number of amides is 2. The van der Waals surface area contributed by atoms with E-state index in [1.807, 2.05) is 6.92 Å². The van der Waals surface area contributed by atoms with Crippen molar-refractivity contribution in [2.45, 2.75) is 54.2 Å². The van der Waals surface area contributed by atoms with Gasteiger partial charge in [0.2, 0.25) is 5.91 Å². The number of carboxylic acid groups (broad SMARTS) is 1. The summed E-state index contributed by atoms with van der Waals surface area (Å²) in [6.07, 6.45) is -3.29. The Balaban J connectivity index is 1.28. The lowest BCUT2D eigenvalue weighted by Crippen LogP contribution is -2.70. The first kappa shape index (κ1) is 26.5. The molecule has 1 saturated heterocycles. The minimum atomic E-state index is -4.68. The largest absolute Gasteiger partial charge is 0.477 e. The lowest BCUT2D eigenvalue weighted by atomic mass is 10.0. The standard InChI is InChI=1S/C20H18BrF3N6O4S3/c1-7-26-27-19(37-7)36-6-9-5-35-17-12(16(32)30(17)14(9)18(33)34)25-10(31)4-29-13(8-2-3-8)11(21)15(28-29)20(22,23)24/h8,12,17H,2-6H2,1H3,(H,25,31)(H,33,34). The van der Waals surface area contributed by atoms with Crippen LogP contribution in [0.3, 0.4) is 0 Å².